The molecule has 1 aliphatic carbocycles. The van der Waals surface area contributed by atoms with Crippen molar-refractivity contribution >= 4 is 23.2 Å². The van der Waals surface area contributed by atoms with Crippen molar-refractivity contribution in [3.8, 4) is 0 Å². The van der Waals surface area contributed by atoms with Crippen LogP contribution in [0.1, 0.15) is 19.3 Å². The van der Waals surface area contributed by atoms with Crippen molar-refractivity contribution in [2.75, 3.05) is 16.8 Å². The quantitative estimate of drug-likeness (QED) is 0.826. The van der Waals surface area contributed by atoms with E-state index in [1.165, 1.54) is 0 Å². The number of benzene rings is 1. The van der Waals surface area contributed by atoms with Crippen LogP contribution in [0.3, 0.4) is 0 Å². The number of hydrogen-bond donors (Lipinski definition) is 1. The maximum Gasteiger partial charge on any atom is 0.244 e. The maximum atomic E-state index is 12.4. The number of anilines is 2. The minimum absolute atomic E-state index is 0.0267. The fourth-order valence-electron chi connectivity index (χ4n) is 2.66. The molecule has 98 valence electrons. The van der Waals surface area contributed by atoms with Gasteiger partial charge in [-0.3, -0.25) is 9.59 Å². The van der Waals surface area contributed by atoms with Crippen molar-refractivity contribution in [1.29, 1.82) is 0 Å². The summed E-state index contributed by atoms with van der Waals surface area (Å²) in [6.45, 7) is 0.117. The van der Waals surface area contributed by atoms with E-state index in [0.29, 0.717) is 18.0 Å². The zero-order valence-electron chi connectivity index (χ0n) is 10.6. The number of para-hydroxylation sites is 2. The number of rotatable bonds is 2. The van der Waals surface area contributed by atoms with Gasteiger partial charge in [0.2, 0.25) is 11.8 Å². The van der Waals surface area contributed by atoms with Gasteiger partial charge < -0.3 is 10.2 Å². The van der Waals surface area contributed by atoms with E-state index < -0.39 is 0 Å². The van der Waals surface area contributed by atoms with Crippen LogP contribution in [0.5, 0.6) is 0 Å². The third-order valence-corrected chi connectivity index (χ3v) is 3.62. The van der Waals surface area contributed by atoms with Gasteiger partial charge in [0.1, 0.15) is 6.54 Å². The highest BCUT2D eigenvalue weighted by molar-refractivity contribution is 6.09. The van der Waals surface area contributed by atoms with Gasteiger partial charge in [0.15, 0.2) is 0 Å². The van der Waals surface area contributed by atoms with Gasteiger partial charge in [-0.1, -0.05) is 24.3 Å². The van der Waals surface area contributed by atoms with Crippen LogP contribution in [-0.4, -0.2) is 18.4 Å². The Bertz CT molecular complexity index is 551. The summed E-state index contributed by atoms with van der Waals surface area (Å²) in [5, 5.41) is 2.79. The Labute approximate surface area is 112 Å². The van der Waals surface area contributed by atoms with Crippen LogP contribution < -0.4 is 10.2 Å². The normalized spacial score (nSPS) is 21.2. The topological polar surface area (TPSA) is 49.4 Å². The van der Waals surface area contributed by atoms with Gasteiger partial charge in [0.25, 0.3) is 0 Å². The smallest absolute Gasteiger partial charge is 0.244 e. The Morgan fingerprint density at radius 1 is 1.37 bits per heavy atom. The molecule has 0 saturated carbocycles. The highest BCUT2D eigenvalue weighted by Crippen LogP contribution is 2.30. The zero-order chi connectivity index (χ0) is 13.2. The second kappa shape index (κ2) is 4.88. The van der Waals surface area contributed by atoms with E-state index in [4.69, 9.17) is 0 Å². The number of fused-ring (bicyclic) bond motifs is 1. The van der Waals surface area contributed by atoms with Crippen LogP contribution in [0.25, 0.3) is 0 Å². The Kier molecular flexibility index (Phi) is 3.07. The molecule has 1 N–H and O–H groups in total. The fraction of sp³-hybridized carbons (Fsp3) is 0.333. The molecule has 3 rings (SSSR count). The molecular formula is C15H16N2O2. The minimum atomic E-state index is -0.131. The second-order valence-corrected chi connectivity index (χ2v) is 5.01. The summed E-state index contributed by atoms with van der Waals surface area (Å²) >= 11 is 0. The third kappa shape index (κ3) is 2.38. The maximum absolute atomic E-state index is 12.4. The third-order valence-electron chi connectivity index (χ3n) is 3.62. The molecule has 1 aromatic rings. The van der Waals surface area contributed by atoms with Crippen LogP contribution in [0.4, 0.5) is 11.4 Å². The summed E-state index contributed by atoms with van der Waals surface area (Å²) in [6, 6.07) is 7.43. The lowest BCUT2D eigenvalue weighted by Gasteiger charge is -2.29. The van der Waals surface area contributed by atoms with E-state index >= 15 is 0 Å². The summed E-state index contributed by atoms with van der Waals surface area (Å²) in [5.41, 5.74) is 1.52. The zero-order valence-corrected chi connectivity index (χ0v) is 10.6. The van der Waals surface area contributed by atoms with E-state index in [1.807, 2.05) is 24.3 Å². The van der Waals surface area contributed by atoms with Crippen LogP contribution in [0.15, 0.2) is 36.4 Å². The Balaban J connectivity index is 1.81. The van der Waals surface area contributed by atoms with Crippen LogP contribution in [0.2, 0.25) is 0 Å². The van der Waals surface area contributed by atoms with Crippen molar-refractivity contribution in [2.24, 2.45) is 5.92 Å². The van der Waals surface area contributed by atoms with Crippen LogP contribution >= 0.6 is 0 Å². The number of nitrogens with one attached hydrogen (secondary N) is 1. The Hall–Kier alpha value is -2.10. The molecule has 0 fully saturated rings. The van der Waals surface area contributed by atoms with Crippen molar-refractivity contribution < 1.29 is 9.59 Å². The van der Waals surface area contributed by atoms with Crippen LogP contribution in [0, 0.1) is 5.92 Å². The molecule has 1 heterocycles. The summed E-state index contributed by atoms with van der Waals surface area (Å²) in [4.78, 5) is 25.6. The Morgan fingerprint density at radius 3 is 3.00 bits per heavy atom. The number of allylic oxidation sites excluding steroid dienone is 2. The molecule has 0 aromatic heterocycles. The SMILES string of the molecule is O=C1CN(C(=O)CC2C=CCC2)c2ccccc2N1. The standard InChI is InChI=1S/C15H16N2O2/c18-14-10-17(13-8-4-3-7-12(13)16-14)15(19)9-11-5-1-2-6-11/h1,3-5,7-8,11H,2,6,9-10H2,(H,16,18). The highest BCUT2D eigenvalue weighted by Gasteiger charge is 2.27. The largest absolute Gasteiger partial charge is 0.323 e. The fourth-order valence-corrected chi connectivity index (χ4v) is 2.66. The van der Waals surface area contributed by atoms with E-state index in [0.717, 1.165) is 18.5 Å². The predicted octanol–water partition coefficient (Wildman–Crippen LogP) is 2.33. The summed E-state index contributed by atoms with van der Waals surface area (Å²) in [5.74, 6) is 0.220. The molecule has 2 amide bonds. The highest BCUT2D eigenvalue weighted by atomic mass is 16.2. The minimum Gasteiger partial charge on any atom is -0.323 e. The molecule has 1 atom stereocenters. The number of carbonyl (C=O) groups excluding carboxylic acids is 2. The number of nitrogens with zero attached hydrogens (tertiary/aromatic N) is 1. The van der Waals surface area contributed by atoms with Gasteiger partial charge in [-0.05, 0) is 30.9 Å². The van der Waals surface area contributed by atoms with Gasteiger partial charge in [-0.15, -0.1) is 0 Å². The molecule has 1 aliphatic heterocycles. The molecule has 1 unspecified atom stereocenters. The molecule has 4 heteroatoms. The molecule has 19 heavy (non-hydrogen) atoms. The number of hydrogen-bond acceptors (Lipinski definition) is 2. The second-order valence-electron chi connectivity index (χ2n) is 5.01. The average molecular weight is 256 g/mol. The molecule has 1 aromatic carbocycles. The molecular weight excluding hydrogens is 240 g/mol. The van der Waals surface area contributed by atoms with Crippen molar-refractivity contribution in [2.45, 2.75) is 19.3 Å². The lowest BCUT2D eigenvalue weighted by atomic mass is 10.0. The summed E-state index contributed by atoms with van der Waals surface area (Å²) in [7, 11) is 0. The van der Waals surface area contributed by atoms with E-state index in [9.17, 15) is 9.59 Å². The molecule has 2 aliphatic rings. The van der Waals surface area contributed by atoms with E-state index in [1.54, 1.807) is 4.90 Å². The first-order chi connectivity index (χ1) is 9.24. The summed E-state index contributed by atoms with van der Waals surface area (Å²) < 4.78 is 0. The molecule has 0 bridgehead atoms. The van der Waals surface area contributed by atoms with Crippen molar-refractivity contribution in [1.82, 2.24) is 0 Å². The molecule has 0 saturated heterocycles. The molecule has 0 spiro atoms. The van der Waals surface area contributed by atoms with Gasteiger partial charge >= 0.3 is 0 Å². The molecule has 4 nitrogen and oxygen atoms in total. The van der Waals surface area contributed by atoms with E-state index in [2.05, 4.69) is 17.5 Å². The first-order valence-corrected chi connectivity index (χ1v) is 6.60. The van der Waals surface area contributed by atoms with Crippen molar-refractivity contribution in [3.05, 3.63) is 36.4 Å². The Morgan fingerprint density at radius 2 is 2.21 bits per heavy atom. The lowest BCUT2D eigenvalue weighted by Crippen LogP contribution is -2.42. The monoisotopic (exact) mass is 256 g/mol. The first kappa shape index (κ1) is 12.0. The lowest BCUT2D eigenvalue weighted by molar-refractivity contribution is -0.122. The summed E-state index contributed by atoms with van der Waals surface area (Å²) in [6.07, 6.45) is 6.79. The van der Waals surface area contributed by atoms with Crippen LogP contribution in [-0.2, 0) is 9.59 Å². The van der Waals surface area contributed by atoms with E-state index in [-0.39, 0.29) is 18.4 Å². The number of amides is 2. The first-order valence-electron chi connectivity index (χ1n) is 6.60. The van der Waals surface area contributed by atoms with Gasteiger partial charge in [0, 0.05) is 6.42 Å². The predicted molar refractivity (Wildman–Crippen MR) is 73.9 cm³/mol. The van der Waals surface area contributed by atoms with Gasteiger partial charge in [0.05, 0.1) is 11.4 Å². The number of carbonyl (C=O) groups is 2. The molecule has 0 radical (unpaired) electrons. The average Bonchev–Trinajstić information content (AvgIpc) is 2.90. The van der Waals surface area contributed by atoms with Crippen molar-refractivity contribution in [3.63, 3.8) is 0 Å². The van der Waals surface area contributed by atoms with Gasteiger partial charge in [-0.2, -0.15) is 0 Å². The van der Waals surface area contributed by atoms with Gasteiger partial charge in [-0.25, -0.2) is 0 Å².